The fourth-order valence-corrected chi connectivity index (χ4v) is 8.36. The molecule has 0 rings (SSSR count). The number of hydrogen-bond donors (Lipinski definition) is 3. The normalized spacial score (nSPS) is 13.1. The molecule has 2 atom stereocenters. The molecular formula is C60H109NO5. The Morgan fingerprint density at radius 2 is 0.803 bits per heavy atom. The van der Waals surface area contributed by atoms with Crippen LogP contribution in [0.15, 0.2) is 60.8 Å². The number of amides is 1. The van der Waals surface area contributed by atoms with Crippen LogP contribution in [0.3, 0.4) is 0 Å². The number of aliphatic hydroxyl groups is 2. The van der Waals surface area contributed by atoms with E-state index in [9.17, 15) is 19.8 Å². The molecule has 0 aromatic heterocycles. The van der Waals surface area contributed by atoms with Gasteiger partial charge in [-0.05, 0) is 96.3 Å². The van der Waals surface area contributed by atoms with Gasteiger partial charge in [0.1, 0.15) is 0 Å². The largest absolute Gasteiger partial charge is 0.466 e. The molecule has 0 aromatic carbocycles. The third-order valence-corrected chi connectivity index (χ3v) is 12.8. The average Bonchev–Trinajstić information content (AvgIpc) is 3.32. The molecule has 6 nitrogen and oxygen atoms in total. The summed E-state index contributed by atoms with van der Waals surface area (Å²) in [4.78, 5) is 24.5. The Labute approximate surface area is 409 Å². The van der Waals surface area contributed by atoms with E-state index in [0.717, 1.165) is 83.5 Å². The zero-order valence-corrected chi connectivity index (χ0v) is 43.7. The van der Waals surface area contributed by atoms with Gasteiger partial charge in [0.05, 0.1) is 25.4 Å². The van der Waals surface area contributed by atoms with Gasteiger partial charge in [-0.2, -0.15) is 0 Å². The van der Waals surface area contributed by atoms with Crippen LogP contribution in [0.2, 0.25) is 0 Å². The van der Waals surface area contributed by atoms with Crippen LogP contribution in [0.25, 0.3) is 0 Å². The highest BCUT2D eigenvalue weighted by molar-refractivity contribution is 5.76. The molecule has 0 radical (unpaired) electrons. The van der Waals surface area contributed by atoms with Crippen LogP contribution in [0.4, 0.5) is 0 Å². The Hall–Kier alpha value is -2.44. The lowest BCUT2D eigenvalue weighted by Crippen LogP contribution is -2.45. The highest BCUT2D eigenvalue weighted by Gasteiger charge is 2.18. The molecule has 0 aliphatic carbocycles. The van der Waals surface area contributed by atoms with Crippen molar-refractivity contribution < 1.29 is 24.5 Å². The van der Waals surface area contributed by atoms with E-state index in [2.05, 4.69) is 67.8 Å². The van der Waals surface area contributed by atoms with E-state index in [1.165, 1.54) is 173 Å². The first-order valence-corrected chi connectivity index (χ1v) is 28.6. The maximum absolute atomic E-state index is 12.4. The number of carbonyl (C=O) groups is 2. The minimum absolute atomic E-state index is 0.0309. The van der Waals surface area contributed by atoms with Crippen LogP contribution in [0.1, 0.15) is 284 Å². The number of carbonyl (C=O) groups excluding carboxylic acids is 2. The maximum atomic E-state index is 12.4. The smallest absolute Gasteiger partial charge is 0.305 e. The Morgan fingerprint density at radius 3 is 1.26 bits per heavy atom. The van der Waals surface area contributed by atoms with Crippen molar-refractivity contribution in [3.63, 3.8) is 0 Å². The molecule has 0 bridgehead atoms. The second-order valence-corrected chi connectivity index (χ2v) is 19.3. The summed E-state index contributed by atoms with van der Waals surface area (Å²) < 4.78 is 5.45. The Morgan fingerprint density at radius 1 is 0.439 bits per heavy atom. The van der Waals surface area contributed by atoms with E-state index in [1.54, 1.807) is 6.08 Å². The van der Waals surface area contributed by atoms with Gasteiger partial charge in [-0.1, -0.05) is 235 Å². The minimum atomic E-state index is -0.860. The van der Waals surface area contributed by atoms with Crippen molar-refractivity contribution in [2.24, 2.45) is 0 Å². The fourth-order valence-electron chi connectivity index (χ4n) is 8.36. The van der Waals surface area contributed by atoms with Gasteiger partial charge in [-0.15, -0.1) is 0 Å². The summed E-state index contributed by atoms with van der Waals surface area (Å²) in [6.07, 6.45) is 70.9. The Kier molecular flexibility index (Phi) is 53.1. The molecule has 6 heteroatoms. The van der Waals surface area contributed by atoms with Crippen molar-refractivity contribution in [2.75, 3.05) is 13.2 Å². The molecule has 2 unspecified atom stereocenters. The number of esters is 1. The average molecular weight is 925 g/mol. The molecule has 66 heavy (non-hydrogen) atoms. The van der Waals surface area contributed by atoms with Gasteiger partial charge >= 0.3 is 5.97 Å². The SMILES string of the molecule is CCCCCC/C=C\C/C=C\CCCCCCCCCC(=O)OCCCCC/C=C\C=C/CCCCCCCCC(=O)NC(CO)C(O)/C=C/CCCCCCCCCCCCCCCC. The summed E-state index contributed by atoms with van der Waals surface area (Å²) in [6, 6.07) is -0.646. The lowest BCUT2D eigenvalue weighted by Gasteiger charge is -2.20. The van der Waals surface area contributed by atoms with Gasteiger partial charge in [0, 0.05) is 12.8 Å². The Bertz CT molecular complexity index is 1160. The fraction of sp³-hybridized carbons (Fsp3) is 0.800. The summed E-state index contributed by atoms with van der Waals surface area (Å²) in [6.45, 7) is 4.82. The first-order chi connectivity index (χ1) is 32.5. The number of ether oxygens (including phenoxy) is 1. The van der Waals surface area contributed by atoms with Gasteiger partial charge in [0.2, 0.25) is 5.91 Å². The molecule has 1 amide bonds. The molecule has 0 fully saturated rings. The summed E-state index contributed by atoms with van der Waals surface area (Å²) in [5.41, 5.74) is 0. The summed E-state index contributed by atoms with van der Waals surface area (Å²) in [7, 11) is 0. The van der Waals surface area contributed by atoms with Gasteiger partial charge in [-0.3, -0.25) is 9.59 Å². The van der Waals surface area contributed by atoms with Gasteiger partial charge in [-0.25, -0.2) is 0 Å². The first kappa shape index (κ1) is 63.6. The first-order valence-electron chi connectivity index (χ1n) is 28.6. The number of allylic oxidation sites excluding steroid dienone is 9. The van der Waals surface area contributed by atoms with Crippen molar-refractivity contribution in [3.05, 3.63) is 60.8 Å². The third-order valence-electron chi connectivity index (χ3n) is 12.8. The van der Waals surface area contributed by atoms with Crippen molar-refractivity contribution >= 4 is 11.9 Å². The number of unbranched alkanes of at least 4 members (excludes halogenated alkanes) is 34. The molecule has 0 heterocycles. The zero-order chi connectivity index (χ0) is 47.9. The van der Waals surface area contributed by atoms with Crippen LogP contribution in [-0.2, 0) is 14.3 Å². The highest BCUT2D eigenvalue weighted by atomic mass is 16.5. The van der Waals surface area contributed by atoms with Crippen LogP contribution >= 0.6 is 0 Å². The molecule has 0 saturated heterocycles. The van der Waals surface area contributed by atoms with E-state index in [4.69, 9.17) is 4.74 Å². The molecule has 3 N–H and O–H groups in total. The lowest BCUT2D eigenvalue weighted by atomic mass is 10.0. The minimum Gasteiger partial charge on any atom is -0.466 e. The molecular weight excluding hydrogens is 815 g/mol. The molecule has 384 valence electrons. The van der Waals surface area contributed by atoms with E-state index < -0.39 is 12.1 Å². The van der Waals surface area contributed by atoms with Crippen LogP contribution in [-0.4, -0.2) is 47.4 Å². The lowest BCUT2D eigenvalue weighted by molar-refractivity contribution is -0.143. The van der Waals surface area contributed by atoms with Crippen molar-refractivity contribution in [1.29, 1.82) is 0 Å². The van der Waals surface area contributed by atoms with E-state index in [0.29, 0.717) is 19.4 Å². The molecule has 0 aromatic rings. The topological polar surface area (TPSA) is 95.9 Å². The van der Waals surface area contributed by atoms with Crippen molar-refractivity contribution in [3.8, 4) is 0 Å². The summed E-state index contributed by atoms with van der Waals surface area (Å²) >= 11 is 0. The van der Waals surface area contributed by atoms with Crippen molar-refractivity contribution in [1.82, 2.24) is 5.32 Å². The standard InChI is InChI=1S/C60H109NO5/c1-3-5-7-9-11-13-15-17-19-21-22-26-30-34-38-42-46-50-54-60(65)66-55-51-47-43-39-35-31-27-23-25-29-33-37-41-45-49-53-59(64)61-57(56-62)58(63)52-48-44-40-36-32-28-24-20-18-16-14-12-10-8-6-4-2/h13,15,19,21,23,27,31,35,48,52,57-58,62-63H,3-12,14,16-18,20,22,24-26,28-30,32-34,36-47,49-51,53-56H2,1-2H3,(H,61,64)/b15-13-,21-19-,27-23-,35-31-,52-48+. The van der Waals surface area contributed by atoms with Crippen LogP contribution < -0.4 is 5.32 Å². The maximum Gasteiger partial charge on any atom is 0.305 e. The molecule has 0 saturated carbocycles. The number of hydrogen-bond acceptors (Lipinski definition) is 5. The van der Waals surface area contributed by atoms with E-state index in [-0.39, 0.29) is 18.5 Å². The third kappa shape index (κ3) is 51.0. The monoisotopic (exact) mass is 924 g/mol. The second-order valence-electron chi connectivity index (χ2n) is 19.3. The predicted molar refractivity (Wildman–Crippen MR) is 287 cm³/mol. The number of nitrogens with one attached hydrogen (secondary N) is 1. The molecule has 0 aliphatic heterocycles. The predicted octanol–water partition coefficient (Wildman–Crippen LogP) is 17.6. The summed E-state index contributed by atoms with van der Waals surface area (Å²) in [5, 5.41) is 23.1. The van der Waals surface area contributed by atoms with E-state index in [1.807, 2.05) is 6.08 Å². The molecule has 0 spiro atoms. The van der Waals surface area contributed by atoms with Crippen LogP contribution in [0, 0.1) is 0 Å². The highest BCUT2D eigenvalue weighted by Crippen LogP contribution is 2.15. The summed E-state index contributed by atoms with van der Waals surface area (Å²) in [5.74, 6) is -0.122. The quantitative estimate of drug-likeness (QED) is 0.0244. The Balaban J connectivity index is 3.56. The van der Waals surface area contributed by atoms with Gasteiger partial charge in [0.15, 0.2) is 0 Å². The second kappa shape index (κ2) is 55.2. The van der Waals surface area contributed by atoms with E-state index >= 15 is 0 Å². The van der Waals surface area contributed by atoms with Crippen LogP contribution in [0.5, 0.6) is 0 Å². The number of aliphatic hydroxyl groups excluding tert-OH is 2. The molecule has 0 aliphatic rings. The van der Waals surface area contributed by atoms with Crippen molar-refractivity contribution in [2.45, 2.75) is 296 Å². The number of rotatable bonds is 52. The van der Waals surface area contributed by atoms with Gasteiger partial charge < -0.3 is 20.3 Å². The van der Waals surface area contributed by atoms with Gasteiger partial charge in [0.25, 0.3) is 0 Å². The zero-order valence-electron chi connectivity index (χ0n) is 43.7.